The average Bonchev–Trinajstić information content (AvgIpc) is 2.82. The van der Waals surface area contributed by atoms with Gasteiger partial charge in [0.1, 0.15) is 5.75 Å². The fourth-order valence-electron chi connectivity index (χ4n) is 2.57. The van der Waals surface area contributed by atoms with Gasteiger partial charge in [0, 0.05) is 36.3 Å². The lowest BCUT2D eigenvalue weighted by Crippen LogP contribution is -2.26. The molecule has 4 nitrogen and oxygen atoms in total. The zero-order chi connectivity index (χ0) is 13.2. The van der Waals surface area contributed by atoms with E-state index in [4.69, 9.17) is 4.74 Å². The largest absolute Gasteiger partial charge is 0.494 e. The van der Waals surface area contributed by atoms with Crippen LogP contribution in [0.1, 0.15) is 18.2 Å². The Morgan fingerprint density at radius 1 is 1.42 bits per heavy atom. The Labute approximate surface area is 113 Å². The van der Waals surface area contributed by atoms with Gasteiger partial charge in [0.2, 0.25) is 0 Å². The summed E-state index contributed by atoms with van der Waals surface area (Å²) in [6, 6.07) is 8.16. The number of likely N-dealkylation sites (N-methyl/N-ethyl adjacent to an activating group) is 1. The third kappa shape index (κ3) is 2.36. The maximum absolute atomic E-state index is 5.56. The number of fused-ring (bicyclic) bond motifs is 1. The normalized spacial score (nSPS) is 15.3. The van der Waals surface area contributed by atoms with Gasteiger partial charge in [-0.1, -0.05) is 12.1 Å². The molecule has 100 valence electrons. The molecule has 1 N–H and O–H groups in total. The second kappa shape index (κ2) is 5.05. The summed E-state index contributed by atoms with van der Waals surface area (Å²) < 4.78 is 5.56. The number of nitrogens with zero attached hydrogens (tertiary/aromatic N) is 2. The first kappa shape index (κ1) is 12.2. The summed E-state index contributed by atoms with van der Waals surface area (Å²) >= 11 is 0. The summed E-state index contributed by atoms with van der Waals surface area (Å²) in [6.07, 6.45) is 1.05. The van der Waals surface area contributed by atoms with Crippen molar-refractivity contribution in [1.82, 2.24) is 15.1 Å². The molecule has 0 aliphatic carbocycles. The number of rotatable bonds is 3. The lowest BCUT2D eigenvalue weighted by atomic mass is 10.0. The zero-order valence-electron chi connectivity index (χ0n) is 11.4. The summed E-state index contributed by atoms with van der Waals surface area (Å²) in [7, 11) is 2.15. The molecule has 1 aliphatic heterocycles. The standard InChI is InChI=1S/C15H19N3O/c1-3-19-12-6-4-5-11(9-12)15-13-10-18(2)8-7-14(13)16-17-15/h4-6,9H,3,7-8,10H2,1-2H3,(H,16,17). The molecule has 4 heteroatoms. The van der Waals surface area contributed by atoms with Crippen LogP contribution in [-0.4, -0.2) is 35.3 Å². The van der Waals surface area contributed by atoms with Gasteiger partial charge in [-0.25, -0.2) is 0 Å². The summed E-state index contributed by atoms with van der Waals surface area (Å²) in [5, 5.41) is 7.68. The molecule has 1 aliphatic rings. The molecule has 1 aromatic heterocycles. The minimum absolute atomic E-state index is 0.685. The smallest absolute Gasteiger partial charge is 0.119 e. The van der Waals surface area contributed by atoms with Crippen molar-refractivity contribution in [3.05, 3.63) is 35.5 Å². The van der Waals surface area contributed by atoms with Gasteiger partial charge in [0.15, 0.2) is 0 Å². The first-order valence-electron chi connectivity index (χ1n) is 6.76. The van der Waals surface area contributed by atoms with Crippen molar-refractivity contribution in [1.29, 1.82) is 0 Å². The third-order valence-electron chi connectivity index (χ3n) is 3.54. The Morgan fingerprint density at radius 3 is 3.16 bits per heavy atom. The number of benzene rings is 1. The van der Waals surface area contributed by atoms with Gasteiger partial charge in [0.25, 0.3) is 0 Å². The molecule has 0 radical (unpaired) electrons. The van der Waals surface area contributed by atoms with Crippen LogP contribution in [0.2, 0.25) is 0 Å². The van der Waals surface area contributed by atoms with Crippen molar-refractivity contribution >= 4 is 0 Å². The van der Waals surface area contributed by atoms with Crippen LogP contribution in [0.15, 0.2) is 24.3 Å². The van der Waals surface area contributed by atoms with Gasteiger partial charge in [-0.05, 0) is 26.1 Å². The predicted octanol–water partition coefficient (Wildman–Crippen LogP) is 2.46. The van der Waals surface area contributed by atoms with Crippen LogP contribution in [0, 0.1) is 0 Å². The fraction of sp³-hybridized carbons (Fsp3) is 0.400. The summed E-state index contributed by atoms with van der Waals surface area (Å²) in [5.41, 5.74) is 4.78. The maximum atomic E-state index is 5.56. The SMILES string of the molecule is CCOc1cccc(-c2n[nH]c3c2CN(C)CC3)c1. The highest BCUT2D eigenvalue weighted by Gasteiger charge is 2.20. The lowest BCUT2D eigenvalue weighted by molar-refractivity contribution is 0.312. The van der Waals surface area contributed by atoms with Crippen molar-refractivity contribution in [2.75, 3.05) is 20.2 Å². The van der Waals surface area contributed by atoms with Crippen molar-refractivity contribution in [2.45, 2.75) is 19.9 Å². The summed E-state index contributed by atoms with van der Waals surface area (Å²) in [4.78, 5) is 2.33. The molecule has 2 aromatic rings. The van der Waals surface area contributed by atoms with E-state index in [0.717, 1.165) is 36.5 Å². The number of hydrogen-bond donors (Lipinski definition) is 1. The van der Waals surface area contributed by atoms with Crippen LogP contribution >= 0.6 is 0 Å². The number of ether oxygens (including phenoxy) is 1. The van der Waals surface area contributed by atoms with E-state index in [1.807, 2.05) is 19.1 Å². The van der Waals surface area contributed by atoms with E-state index < -0.39 is 0 Å². The van der Waals surface area contributed by atoms with Crippen LogP contribution in [0.25, 0.3) is 11.3 Å². The monoisotopic (exact) mass is 257 g/mol. The van der Waals surface area contributed by atoms with E-state index in [1.54, 1.807) is 0 Å². The number of aromatic amines is 1. The van der Waals surface area contributed by atoms with Crippen LogP contribution < -0.4 is 4.74 Å². The van der Waals surface area contributed by atoms with E-state index in [-0.39, 0.29) is 0 Å². The molecule has 3 rings (SSSR count). The molecule has 0 fully saturated rings. The minimum atomic E-state index is 0.685. The molecular weight excluding hydrogens is 238 g/mol. The first-order chi connectivity index (χ1) is 9.28. The first-order valence-corrected chi connectivity index (χ1v) is 6.76. The number of hydrogen-bond acceptors (Lipinski definition) is 3. The Bertz CT molecular complexity index is 577. The van der Waals surface area contributed by atoms with Crippen LogP contribution in [0.5, 0.6) is 5.75 Å². The second-order valence-corrected chi connectivity index (χ2v) is 4.98. The molecule has 0 unspecified atom stereocenters. The number of H-pyrrole nitrogens is 1. The summed E-state index contributed by atoms with van der Waals surface area (Å²) in [5.74, 6) is 0.904. The zero-order valence-corrected chi connectivity index (χ0v) is 11.4. The van der Waals surface area contributed by atoms with Gasteiger partial charge in [0.05, 0.1) is 12.3 Å². The predicted molar refractivity (Wildman–Crippen MR) is 75.2 cm³/mol. The van der Waals surface area contributed by atoms with Crippen molar-refractivity contribution in [3.8, 4) is 17.0 Å². The maximum Gasteiger partial charge on any atom is 0.119 e. The Morgan fingerprint density at radius 2 is 2.32 bits per heavy atom. The Balaban J connectivity index is 1.98. The van der Waals surface area contributed by atoms with Gasteiger partial charge in [-0.3, -0.25) is 5.10 Å². The highest BCUT2D eigenvalue weighted by atomic mass is 16.5. The molecule has 2 heterocycles. The average molecular weight is 257 g/mol. The van der Waals surface area contributed by atoms with E-state index >= 15 is 0 Å². The second-order valence-electron chi connectivity index (χ2n) is 4.98. The van der Waals surface area contributed by atoms with E-state index in [0.29, 0.717) is 6.61 Å². The molecule has 0 atom stereocenters. The molecule has 0 spiro atoms. The minimum Gasteiger partial charge on any atom is -0.494 e. The highest BCUT2D eigenvalue weighted by molar-refractivity contribution is 5.65. The fourth-order valence-corrected chi connectivity index (χ4v) is 2.57. The van der Waals surface area contributed by atoms with Crippen LogP contribution in [0.4, 0.5) is 0 Å². The lowest BCUT2D eigenvalue weighted by Gasteiger charge is -2.22. The molecule has 19 heavy (non-hydrogen) atoms. The molecular formula is C15H19N3O. The molecule has 0 bridgehead atoms. The highest BCUT2D eigenvalue weighted by Crippen LogP contribution is 2.29. The van der Waals surface area contributed by atoms with Crippen molar-refractivity contribution in [3.63, 3.8) is 0 Å². The molecule has 0 saturated carbocycles. The van der Waals surface area contributed by atoms with E-state index in [2.05, 4.69) is 34.3 Å². The molecule has 1 aromatic carbocycles. The van der Waals surface area contributed by atoms with Crippen molar-refractivity contribution in [2.24, 2.45) is 0 Å². The van der Waals surface area contributed by atoms with E-state index in [9.17, 15) is 0 Å². The van der Waals surface area contributed by atoms with Crippen molar-refractivity contribution < 1.29 is 4.74 Å². The molecule has 0 saturated heterocycles. The Hall–Kier alpha value is -1.81. The quantitative estimate of drug-likeness (QED) is 0.918. The van der Waals surface area contributed by atoms with Gasteiger partial charge in [-0.2, -0.15) is 5.10 Å². The Kier molecular flexibility index (Phi) is 3.25. The van der Waals surface area contributed by atoms with Gasteiger partial charge >= 0.3 is 0 Å². The van der Waals surface area contributed by atoms with E-state index in [1.165, 1.54) is 11.3 Å². The molecule has 0 amide bonds. The summed E-state index contributed by atoms with van der Waals surface area (Å²) in [6.45, 7) is 4.73. The number of aromatic nitrogens is 2. The number of nitrogens with one attached hydrogen (secondary N) is 1. The van der Waals surface area contributed by atoms with Gasteiger partial charge < -0.3 is 9.64 Å². The van der Waals surface area contributed by atoms with Crippen LogP contribution in [0.3, 0.4) is 0 Å². The van der Waals surface area contributed by atoms with Gasteiger partial charge in [-0.15, -0.1) is 0 Å². The third-order valence-corrected chi connectivity index (χ3v) is 3.54. The topological polar surface area (TPSA) is 41.1 Å². The van der Waals surface area contributed by atoms with Crippen LogP contribution in [-0.2, 0) is 13.0 Å².